The fraction of sp³-hybridized carbons (Fsp3) is 0.400. The van der Waals surface area contributed by atoms with Gasteiger partial charge in [0.1, 0.15) is 0 Å². The van der Waals surface area contributed by atoms with Crippen LogP contribution in [0.3, 0.4) is 0 Å². The van der Waals surface area contributed by atoms with Crippen LogP contribution >= 0.6 is 11.6 Å². The van der Waals surface area contributed by atoms with Crippen molar-refractivity contribution in [3.05, 3.63) is 34.9 Å². The Bertz CT molecular complexity index is 343. The summed E-state index contributed by atoms with van der Waals surface area (Å²) in [6, 6.07) is 6.46. The number of halogens is 4. The van der Waals surface area contributed by atoms with Crippen LogP contribution in [0.15, 0.2) is 24.3 Å². The normalized spacial score (nSPS) is 13.8. The number of benzene rings is 1. The highest BCUT2D eigenvalue weighted by molar-refractivity contribution is 6.30. The van der Waals surface area contributed by atoms with Crippen LogP contribution in [0.4, 0.5) is 13.2 Å². The number of ether oxygens (including phenoxy) is 1. The predicted octanol–water partition coefficient (Wildman–Crippen LogP) is 2.75. The van der Waals surface area contributed by atoms with Crippen LogP contribution in [0.2, 0.25) is 5.02 Å². The van der Waals surface area contributed by atoms with Gasteiger partial charge in [-0.1, -0.05) is 23.7 Å². The molecule has 0 saturated heterocycles. The first-order chi connectivity index (χ1) is 7.43. The van der Waals surface area contributed by atoms with Crippen molar-refractivity contribution in [3.8, 4) is 0 Å². The fourth-order valence-corrected chi connectivity index (χ4v) is 1.33. The minimum Gasteiger partial charge on any atom is -0.363 e. The van der Waals surface area contributed by atoms with E-state index in [0.717, 1.165) is 0 Å². The smallest absolute Gasteiger partial charge is 0.363 e. The summed E-state index contributed by atoms with van der Waals surface area (Å²) < 4.78 is 41.5. The third-order valence-corrected chi connectivity index (χ3v) is 2.15. The van der Waals surface area contributed by atoms with Crippen molar-refractivity contribution in [1.82, 2.24) is 0 Å². The van der Waals surface area contributed by atoms with Crippen molar-refractivity contribution < 1.29 is 17.9 Å². The van der Waals surface area contributed by atoms with Crippen molar-refractivity contribution in [2.24, 2.45) is 5.73 Å². The first-order valence-electron chi connectivity index (χ1n) is 4.56. The molecule has 1 aromatic carbocycles. The van der Waals surface area contributed by atoms with Gasteiger partial charge in [-0.3, -0.25) is 0 Å². The molecule has 1 rings (SSSR count). The molecule has 0 aliphatic carbocycles. The molecule has 1 unspecified atom stereocenters. The first-order valence-corrected chi connectivity index (χ1v) is 4.94. The predicted molar refractivity (Wildman–Crippen MR) is 55.1 cm³/mol. The first kappa shape index (κ1) is 13.3. The molecule has 6 heteroatoms. The van der Waals surface area contributed by atoms with Gasteiger partial charge in [0, 0.05) is 11.6 Å². The lowest BCUT2D eigenvalue weighted by molar-refractivity contribution is -0.219. The molecule has 1 aromatic rings. The van der Waals surface area contributed by atoms with Gasteiger partial charge in [-0.2, -0.15) is 13.2 Å². The maximum absolute atomic E-state index is 12.3. The Hall–Kier alpha value is -0.780. The number of nitrogens with two attached hydrogens (primary N) is 1. The Morgan fingerprint density at radius 1 is 1.38 bits per heavy atom. The van der Waals surface area contributed by atoms with Gasteiger partial charge < -0.3 is 10.5 Å². The van der Waals surface area contributed by atoms with Crippen LogP contribution in [0.25, 0.3) is 0 Å². The molecule has 2 N–H and O–H groups in total. The fourth-order valence-electron chi connectivity index (χ4n) is 1.12. The van der Waals surface area contributed by atoms with E-state index in [1.54, 1.807) is 24.3 Å². The zero-order valence-corrected chi connectivity index (χ0v) is 9.05. The highest BCUT2D eigenvalue weighted by atomic mass is 35.5. The zero-order chi connectivity index (χ0) is 12.2. The number of hydrogen-bond acceptors (Lipinski definition) is 2. The van der Waals surface area contributed by atoms with E-state index in [1.807, 2.05) is 0 Å². The summed E-state index contributed by atoms with van der Waals surface area (Å²) in [6.45, 7) is -0.758. The minimum absolute atomic E-state index is 0.165. The summed E-state index contributed by atoms with van der Waals surface area (Å²) in [5.74, 6) is 0. The van der Waals surface area contributed by atoms with Gasteiger partial charge in [0.25, 0.3) is 0 Å². The summed E-state index contributed by atoms with van der Waals surface area (Å²) in [5, 5.41) is 0.456. The molecule has 0 fully saturated rings. The van der Waals surface area contributed by atoms with Gasteiger partial charge in [0.05, 0.1) is 6.61 Å². The lowest BCUT2D eigenvalue weighted by Gasteiger charge is -2.19. The van der Waals surface area contributed by atoms with E-state index >= 15 is 0 Å². The molecule has 0 heterocycles. The van der Waals surface area contributed by atoms with E-state index < -0.39 is 18.8 Å². The standard InChI is InChI=1S/C10H11ClF3NO/c11-8-3-1-2-7(4-8)6-16-9(5-15)10(12,13)14/h1-4,9H,5-6,15H2. The van der Waals surface area contributed by atoms with E-state index in [4.69, 9.17) is 17.3 Å². The molecule has 0 spiro atoms. The van der Waals surface area contributed by atoms with Crippen molar-refractivity contribution in [1.29, 1.82) is 0 Å². The Balaban J connectivity index is 2.56. The molecule has 0 aliphatic rings. The van der Waals surface area contributed by atoms with E-state index in [2.05, 4.69) is 4.74 Å². The molecular weight excluding hydrogens is 243 g/mol. The quantitative estimate of drug-likeness (QED) is 0.896. The van der Waals surface area contributed by atoms with Crippen LogP contribution < -0.4 is 5.73 Å². The highest BCUT2D eigenvalue weighted by Gasteiger charge is 2.39. The summed E-state index contributed by atoms with van der Waals surface area (Å²) in [7, 11) is 0. The molecular formula is C10H11ClF3NO. The average Bonchev–Trinajstić information content (AvgIpc) is 2.16. The number of alkyl halides is 3. The second kappa shape index (κ2) is 5.52. The average molecular weight is 254 g/mol. The Morgan fingerprint density at radius 2 is 2.06 bits per heavy atom. The lowest BCUT2D eigenvalue weighted by Crippen LogP contribution is -2.38. The Labute approximate surface area is 96.1 Å². The molecule has 2 nitrogen and oxygen atoms in total. The van der Waals surface area contributed by atoms with E-state index in [1.165, 1.54) is 0 Å². The van der Waals surface area contributed by atoms with Crippen LogP contribution in [0, 0.1) is 0 Å². The summed E-state index contributed by atoms with van der Waals surface area (Å²) in [5.41, 5.74) is 5.56. The Morgan fingerprint density at radius 3 is 2.56 bits per heavy atom. The van der Waals surface area contributed by atoms with Crippen LogP contribution in [0.5, 0.6) is 0 Å². The van der Waals surface area contributed by atoms with Crippen molar-refractivity contribution in [2.75, 3.05) is 6.54 Å². The third-order valence-electron chi connectivity index (χ3n) is 1.92. The maximum atomic E-state index is 12.3. The summed E-state index contributed by atoms with van der Waals surface area (Å²) in [4.78, 5) is 0. The molecule has 1 atom stereocenters. The van der Waals surface area contributed by atoms with Crippen LogP contribution in [-0.2, 0) is 11.3 Å². The van der Waals surface area contributed by atoms with Gasteiger partial charge in [0.2, 0.25) is 0 Å². The second-order valence-electron chi connectivity index (χ2n) is 3.21. The number of rotatable bonds is 4. The number of hydrogen-bond donors (Lipinski definition) is 1. The largest absolute Gasteiger partial charge is 0.415 e. The molecule has 0 aromatic heterocycles. The summed E-state index contributed by atoms with van der Waals surface area (Å²) >= 11 is 5.68. The molecule has 90 valence electrons. The van der Waals surface area contributed by atoms with Crippen LogP contribution in [-0.4, -0.2) is 18.8 Å². The Kier molecular flexibility index (Phi) is 4.58. The molecule has 0 saturated carbocycles. The highest BCUT2D eigenvalue weighted by Crippen LogP contribution is 2.23. The van der Waals surface area contributed by atoms with E-state index in [9.17, 15) is 13.2 Å². The molecule has 0 bridgehead atoms. The SMILES string of the molecule is NCC(OCc1cccc(Cl)c1)C(F)(F)F. The van der Waals surface area contributed by atoms with Gasteiger partial charge in [-0.05, 0) is 17.7 Å². The van der Waals surface area contributed by atoms with Crippen molar-refractivity contribution in [3.63, 3.8) is 0 Å². The lowest BCUT2D eigenvalue weighted by atomic mass is 10.2. The van der Waals surface area contributed by atoms with Crippen LogP contribution in [0.1, 0.15) is 5.56 Å². The van der Waals surface area contributed by atoms with Gasteiger partial charge >= 0.3 is 6.18 Å². The zero-order valence-electron chi connectivity index (χ0n) is 8.30. The maximum Gasteiger partial charge on any atom is 0.415 e. The third kappa shape index (κ3) is 4.00. The topological polar surface area (TPSA) is 35.2 Å². The van der Waals surface area contributed by atoms with Gasteiger partial charge in [0.15, 0.2) is 6.10 Å². The molecule has 16 heavy (non-hydrogen) atoms. The molecule has 0 aliphatic heterocycles. The van der Waals surface area contributed by atoms with Crippen molar-refractivity contribution in [2.45, 2.75) is 18.9 Å². The van der Waals surface area contributed by atoms with Gasteiger partial charge in [-0.25, -0.2) is 0 Å². The van der Waals surface area contributed by atoms with Crippen molar-refractivity contribution >= 4 is 11.6 Å². The van der Waals surface area contributed by atoms with E-state index in [-0.39, 0.29) is 6.61 Å². The monoisotopic (exact) mass is 253 g/mol. The van der Waals surface area contributed by atoms with E-state index in [0.29, 0.717) is 10.6 Å². The second-order valence-corrected chi connectivity index (χ2v) is 3.64. The van der Waals surface area contributed by atoms with Gasteiger partial charge in [-0.15, -0.1) is 0 Å². The summed E-state index contributed by atoms with van der Waals surface area (Å²) in [6.07, 6.45) is -6.38. The molecule has 0 radical (unpaired) electrons. The minimum atomic E-state index is -4.44. The molecule has 0 amide bonds.